The average Bonchev–Trinajstić information content (AvgIpc) is 3.36. The summed E-state index contributed by atoms with van der Waals surface area (Å²) in [4.78, 5) is 25.5. The van der Waals surface area contributed by atoms with Crippen molar-refractivity contribution in [3.8, 4) is 0 Å². The largest absolute Gasteiger partial charge is 0.444 e. The Morgan fingerprint density at radius 2 is 2.12 bits per heavy atom. The van der Waals surface area contributed by atoms with E-state index in [1.165, 1.54) is 28.2 Å². The Morgan fingerprint density at radius 1 is 1.35 bits per heavy atom. The minimum Gasteiger partial charge on any atom is -0.444 e. The maximum Gasteiger partial charge on any atom is 0.410 e. The highest BCUT2D eigenvalue weighted by Gasteiger charge is 2.44. The number of hydrogen-bond acceptors (Lipinski definition) is 9. The molecule has 2 aromatic rings. The van der Waals surface area contributed by atoms with Crippen molar-refractivity contribution in [2.75, 3.05) is 39.0 Å². The van der Waals surface area contributed by atoms with Crippen LogP contribution in [0, 0.1) is 0 Å². The molecule has 2 aliphatic rings. The lowest BCUT2D eigenvalue weighted by molar-refractivity contribution is -0.0348. The smallest absolute Gasteiger partial charge is 0.410 e. The standard InChI is InChI=1S/C21H30ClN5O5S2/c1-21(2,3)32-20(28)26-6-5-14(11-26)27(34(4,29)30)19(25-7-8-31-18(22)12-25)16-9-15-17(33-16)10-23-13-24-15/h9-10,13-14,18-19H,5-8,11-12H2,1-4H3. The quantitative estimate of drug-likeness (QED) is 0.542. The van der Waals surface area contributed by atoms with Gasteiger partial charge >= 0.3 is 6.09 Å². The molecule has 0 aromatic carbocycles. The van der Waals surface area contributed by atoms with Gasteiger partial charge in [-0.1, -0.05) is 11.6 Å². The number of carbonyl (C=O) groups excluding carboxylic acids is 1. The fourth-order valence-electron chi connectivity index (χ4n) is 4.34. The van der Waals surface area contributed by atoms with Crippen LogP contribution in [0.4, 0.5) is 4.79 Å². The first-order valence-electron chi connectivity index (χ1n) is 11.1. The molecule has 0 N–H and O–H groups in total. The Bertz CT molecular complexity index is 1110. The van der Waals surface area contributed by atoms with Crippen molar-refractivity contribution in [3.63, 3.8) is 0 Å². The monoisotopic (exact) mass is 531 g/mol. The van der Waals surface area contributed by atoms with Crippen LogP contribution in [0.5, 0.6) is 0 Å². The molecule has 13 heteroatoms. The summed E-state index contributed by atoms with van der Waals surface area (Å²) in [6, 6.07) is 1.49. The summed E-state index contributed by atoms with van der Waals surface area (Å²) in [7, 11) is -3.68. The van der Waals surface area contributed by atoms with Gasteiger partial charge in [0.25, 0.3) is 0 Å². The van der Waals surface area contributed by atoms with Gasteiger partial charge in [-0.25, -0.2) is 23.2 Å². The summed E-state index contributed by atoms with van der Waals surface area (Å²) < 4.78 is 39.9. The second-order valence-corrected chi connectivity index (χ2v) is 13.0. The first kappa shape index (κ1) is 25.5. The van der Waals surface area contributed by atoms with E-state index in [1.54, 1.807) is 11.1 Å². The molecular weight excluding hydrogens is 502 g/mol. The second-order valence-electron chi connectivity index (χ2n) is 9.53. The highest BCUT2D eigenvalue weighted by molar-refractivity contribution is 7.88. The van der Waals surface area contributed by atoms with E-state index in [0.717, 1.165) is 15.1 Å². The highest BCUT2D eigenvalue weighted by atomic mass is 35.5. The van der Waals surface area contributed by atoms with E-state index in [0.29, 0.717) is 32.7 Å². The van der Waals surface area contributed by atoms with E-state index >= 15 is 0 Å². The number of alkyl halides is 1. The van der Waals surface area contributed by atoms with Crippen molar-refractivity contribution in [3.05, 3.63) is 23.5 Å². The second kappa shape index (κ2) is 9.82. The Hall–Kier alpha value is -1.57. The minimum atomic E-state index is -3.68. The van der Waals surface area contributed by atoms with E-state index in [-0.39, 0.29) is 6.54 Å². The molecule has 4 heterocycles. The lowest BCUT2D eigenvalue weighted by Gasteiger charge is -2.43. The zero-order chi connectivity index (χ0) is 24.7. The highest BCUT2D eigenvalue weighted by Crippen LogP contribution is 2.39. The van der Waals surface area contributed by atoms with Gasteiger partial charge in [0, 0.05) is 43.3 Å². The molecule has 0 spiro atoms. The Balaban J connectivity index is 1.70. The molecule has 2 aromatic heterocycles. The van der Waals surface area contributed by atoms with Gasteiger partial charge in [0.15, 0.2) is 0 Å². The van der Waals surface area contributed by atoms with Crippen LogP contribution < -0.4 is 0 Å². The molecule has 188 valence electrons. The number of fused-ring (bicyclic) bond motifs is 1. The predicted molar refractivity (Wildman–Crippen MR) is 130 cm³/mol. The van der Waals surface area contributed by atoms with Crippen LogP contribution in [0.1, 0.15) is 38.2 Å². The van der Waals surface area contributed by atoms with Crippen molar-refractivity contribution >= 4 is 49.3 Å². The van der Waals surface area contributed by atoms with Crippen molar-refractivity contribution in [1.29, 1.82) is 0 Å². The predicted octanol–water partition coefficient (Wildman–Crippen LogP) is 2.86. The van der Waals surface area contributed by atoms with E-state index in [2.05, 4.69) is 9.97 Å². The molecular formula is C21H30ClN5O5S2. The minimum absolute atomic E-state index is 0.248. The van der Waals surface area contributed by atoms with Crippen molar-refractivity contribution in [1.82, 2.24) is 24.1 Å². The number of thiophene rings is 1. The molecule has 0 saturated carbocycles. The molecule has 4 rings (SSSR count). The van der Waals surface area contributed by atoms with Crippen LogP contribution >= 0.6 is 22.9 Å². The first-order valence-corrected chi connectivity index (χ1v) is 14.2. The van der Waals surface area contributed by atoms with Gasteiger partial charge < -0.3 is 14.4 Å². The fraction of sp³-hybridized carbons (Fsp3) is 0.667. The SMILES string of the molecule is CC(C)(C)OC(=O)N1CCC(N(C(c2cc3ncncc3s2)N2CCOC(Cl)C2)S(C)(=O)=O)C1. The number of rotatable bonds is 5. The van der Waals surface area contributed by atoms with Gasteiger partial charge in [0.05, 0.1) is 23.1 Å². The van der Waals surface area contributed by atoms with Crippen LogP contribution in [0.15, 0.2) is 18.6 Å². The number of sulfonamides is 1. The summed E-state index contributed by atoms with van der Waals surface area (Å²) in [6.07, 6.45) is 3.86. The lowest BCUT2D eigenvalue weighted by atomic mass is 10.2. The molecule has 2 aliphatic heterocycles. The Kier molecular flexibility index (Phi) is 7.37. The Labute approximate surface area is 208 Å². The number of carbonyl (C=O) groups is 1. The zero-order valence-electron chi connectivity index (χ0n) is 19.7. The van der Waals surface area contributed by atoms with Crippen LogP contribution in [-0.2, 0) is 19.5 Å². The number of halogens is 1. The van der Waals surface area contributed by atoms with Crippen LogP contribution in [0.3, 0.4) is 0 Å². The third-order valence-corrected chi connectivity index (χ3v) is 8.30. The molecule has 2 saturated heterocycles. The van der Waals surface area contributed by atoms with Gasteiger partial charge in [-0.15, -0.1) is 11.3 Å². The van der Waals surface area contributed by atoms with Crippen LogP contribution in [-0.4, -0.2) is 94.8 Å². The summed E-state index contributed by atoms with van der Waals surface area (Å²) in [6.45, 7) is 7.36. The maximum absolute atomic E-state index is 13.3. The van der Waals surface area contributed by atoms with Crippen molar-refractivity contribution in [2.45, 2.75) is 50.6 Å². The van der Waals surface area contributed by atoms with E-state index in [9.17, 15) is 13.2 Å². The molecule has 34 heavy (non-hydrogen) atoms. The number of aromatic nitrogens is 2. The third-order valence-electron chi connectivity index (χ3n) is 5.67. The van der Waals surface area contributed by atoms with Gasteiger partial charge in [0.2, 0.25) is 10.0 Å². The molecule has 0 aliphatic carbocycles. The molecule has 1 amide bonds. The van der Waals surface area contributed by atoms with Gasteiger partial charge in [-0.05, 0) is 33.3 Å². The number of hydrogen-bond donors (Lipinski definition) is 0. The summed E-state index contributed by atoms with van der Waals surface area (Å²) in [5.41, 5.74) is -0.421. The summed E-state index contributed by atoms with van der Waals surface area (Å²) in [5.74, 6) is 0. The lowest BCUT2D eigenvalue weighted by Crippen LogP contribution is -2.53. The number of morpholine rings is 1. The zero-order valence-corrected chi connectivity index (χ0v) is 22.1. The van der Waals surface area contributed by atoms with E-state index in [1.807, 2.05) is 31.7 Å². The van der Waals surface area contributed by atoms with Gasteiger partial charge in [-0.2, -0.15) is 4.31 Å². The van der Waals surface area contributed by atoms with Crippen molar-refractivity contribution < 1.29 is 22.7 Å². The molecule has 0 bridgehead atoms. The normalized spacial score (nSPS) is 23.5. The summed E-state index contributed by atoms with van der Waals surface area (Å²) in [5, 5.41) is 0. The first-order chi connectivity index (χ1) is 15.9. The Morgan fingerprint density at radius 3 is 2.76 bits per heavy atom. The third kappa shape index (κ3) is 5.80. The summed E-state index contributed by atoms with van der Waals surface area (Å²) >= 11 is 7.76. The average molecular weight is 532 g/mol. The number of likely N-dealkylation sites (tertiary alicyclic amines) is 1. The molecule has 0 radical (unpaired) electrons. The molecule has 3 unspecified atom stereocenters. The van der Waals surface area contributed by atoms with Gasteiger partial charge in [0.1, 0.15) is 23.7 Å². The molecule has 2 fully saturated rings. The maximum atomic E-state index is 13.3. The topological polar surface area (TPSA) is 105 Å². The number of ether oxygens (including phenoxy) is 2. The van der Waals surface area contributed by atoms with E-state index in [4.69, 9.17) is 21.1 Å². The van der Waals surface area contributed by atoms with Crippen molar-refractivity contribution in [2.24, 2.45) is 0 Å². The molecule has 3 atom stereocenters. The van der Waals surface area contributed by atoms with Crippen LogP contribution in [0.25, 0.3) is 10.2 Å². The van der Waals surface area contributed by atoms with E-state index < -0.39 is 39.5 Å². The number of amides is 1. The fourth-order valence-corrected chi connectivity index (χ4v) is 7.12. The molecule has 10 nitrogen and oxygen atoms in total. The number of nitrogens with zero attached hydrogens (tertiary/aromatic N) is 5. The van der Waals surface area contributed by atoms with Crippen LogP contribution in [0.2, 0.25) is 0 Å². The van der Waals surface area contributed by atoms with Gasteiger partial charge in [-0.3, -0.25) is 4.90 Å².